The van der Waals surface area contributed by atoms with Crippen LogP contribution in [0.25, 0.3) is 0 Å². The van der Waals surface area contributed by atoms with Crippen molar-refractivity contribution < 1.29 is 26.9 Å². The molecule has 0 unspecified atom stereocenters. The third-order valence-electron chi connectivity index (χ3n) is 3.94. The Bertz CT molecular complexity index is 285. The summed E-state index contributed by atoms with van der Waals surface area (Å²) in [6.45, 7) is 3.11. The molecule has 0 aromatic rings. The van der Waals surface area contributed by atoms with Crippen molar-refractivity contribution in [1.29, 1.82) is 0 Å². The molecule has 0 radical (unpaired) electrons. The van der Waals surface area contributed by atoms with E-state index in [4.69, 9.17) is 27.9 Å². The van der Waals surface area contributed by atoms with Crippen LogP contribution in [0.1, 0.15) is 12.8 Å². The molecule has 0 saturated carbocycles. The van der Waals surface area contributed by atoms with Crippen LogP contribution in [0.4, 0.5) is 0 Å². The zero-order chi connectivity index (χ0) is 17.8. The first-order valence-corrected chi connectivity index (χ1v) is 11.8. The minimum absolute atomic E-state index is 0.536. The van der Waals surface area contributed by atoms with Crippen LogP contribution in [0.2, 0.25) is 12.1 Å². The molecule has 0 fully saturated rings. The van der Waals surface area contributed by atoms with Crippen LogP contribution in [0.15, 0.2) is 0 Å². The molecule has 0 aliphatic carbocycles. The number of nitrogens with zero attached hydrogens (tertiary/aromatic N) is 1. The van der Waals surface area contributed by atoms with E-state index in [0.717, 1.165) is 38.5 Å². The number of hydrogen-bond donors (Lipinski definition) is 2. The van der Waals surface area contributed by atoms with Crippen molar-refractivity contribution in [3.8, 4) is 0 Å². The van der Waals surface area contributed by atoms with Gasteiger partial charge < -0.3 is 37.6 Å². The second kappa shape index (κ2) is 12.5. The fourth-order valence-corrected chi connectivity index (χ4v) is 5.29. The van der Waals surface area contributed by atoms with Gasteiger partial charge in [-0.1, -0.05) is 0 Å². The van der Waals surface area contributed by atoms with Crippen LogP contribution in [0.5, 0.6) is 0 Å². The monoisotopic (exact) mass is 370 g/mol. The molecule has 23 heavy (non-hydrogen) atoms. The Morgan fingerprint density at radius 3 is 1.65 bits per heavy atom. The van der Waals surface area contributed by atoms with Gasteiger partial charge in [-0.15, -0.1) is 0 Å². The highest BCUT2D eigenvalue weighted by Gasteiger charge is 2.37. The molecule has 0 bridgehead atoms. The number of nitrogens with two attached hydrogens (primary N) is 1. The van der Waals surface area contributed by atoms with Gasteiger partial charge in [0.15, 0.2) is 0 Å². The molecule has 0 atom stereocenters. The summed E-state index contributed by atoms with van der Waals surface area (Å²) >= 11 is 0. The average Bonchev–Trinajstić information content (AvgIpc) is 2.59. The van der Waals surface area contributed by atoms with Gasteiger partial charge in [0.2, 0.25) is 0 Å². The first-order chi connectivity index (χ1) is 10.9. The Labute approximate surface area is 142 Å². The zero-order valence-electron chi connectivity index (χ0n) is 15.2. The SMILES string of the molecule is CO[Si](O)(CCCN(CCN)CCC[Si](OC)(OC)OC)OC. The molecule has 0 aromatic carbocycles. The van der Waals surface area contributed by atoms with Gasteiger partial charge in [-0.2, -0.15) is 0 Å². The molecule has 0 saturated heterocycles. The summed E-state index contributed by atoms with van der Waals surface area (Å²) in [5.41, 5.74) is 5.68. The van der Waals surface area contributed by atoms with E-state index in [1.165, 1.54) is 14.2 Å². The fourth-order valence-electron chi connectivity index (χ4n) is 2.41. The van der Waals surface area contributed by atoms with Gasteiger partial charge in [-0.25, -0.2) is 0 Å². The van der Waals surface area contributed by atoms with Gasteiger partial charge in [-0.05, 0) is 25.9 Å². The molecule has 3 N–H and O–H groups in total. The Hall–Kier alpha value is 0.114. The van der Waals surface area contributed by atoms with Crippen LogP contribution in [0.3, 0.4) is 0 Å². The largest absolute Gasteiger partial charge is 0.500 e. The smallest absolute Gasteiger partial charge is 0.390 e. The Morgan fingerprint density at radius 1 is 0.783 bits per heavy atom. The minimum Gasteiger partial charge on any atom is -0.390 e. The molecule has 0 aliphatic heterocycles. The maximum Gasteiger partial charge on any atom is 0.500 e. The highest BCUT2D eigenvalue weighted by molar-refractivity contribution is 6.60. The van der Waals surface area contributed by atoms with Crippen molar-refractivity contribution in [2.45, 2.75) is 24.9 Å². The van der Waals surface area contributed by atoms with Crippen molar-refractivity contribution in [2.24, 2.45) is 5.73 Å². The number of hydrogen-bond acceptors (Lipinski definition) is 8. The lowest BCUT2D eigenvalue weighted by molar-refractivity contribution is 0.121. The first kappa shape index (κ1) is 23.1. The molecular weight excluding hydrogens is 336 g/mol. The summed E-state index contributed by atoms with van der Waals surface area (Å²) in [5.74, 6) is 0. The Morgan fingerprint density at radius 2 is 1.26 bits per heavy atom. The van der Waals surface area contributed by atoms with Gasteiger partial charge in [-0.3, -0.25) is 0 Å². The van der Waals surface area contributed by atoms with Crippen LogP contribution >= 0.6 is 0 Å². The standard InChI is InChI=1S/C13H34N2O6Si2/c1-17-22(16,18-2)12-6-9-15(11-8-14)10-7-13-23(19-3,20-4)21-5/h16H,6-14H2,1-5H3. The van der Waals surface area contributed by atoms with Crippen molar-refractivity contribution in [1.82, 2.24) is 4.90 Å². The summed E-state index contributed by atoms with van der Waals surface area (Å²) in [5, 5.41) is 0. The van der Waals surface area contributed by atoms with Crippen LogP contribution in [-0.4, -0.2) is 89.0 Å². The molecule has 0 amide bonds. The van der Waals surface area contributed by atoms with Crippen LogP contribution < -0.4 is 5.73 Å². The second-order valence-corrected chi connectivity index (χ2v) is 11.1. The topological polar surface area (TPSA) is 95.6 Å². The van der Waals surface area contributed by atoms with Gasteiger partial charge in [0.05, 0.1) is 0 Å². The molecular formula is C13H34N2O6Si2. The second-order valence-electron chi connectivity index (χ2n) is 5.25. The first-order valence-electron chi connectivity index (χ1n) is 7.85. The summed E-state index contributed by atoms with van der Waals surface area (Å²) in [4.78, 5) is 12.3. The van der Waals surface area contributed by atoms with Crippen molar-refractivity contribution in [2.75, 3.05) is 61.7 Å². The molecule has 0 rings (SSSR count). The quantitative estimate of drug-likeness (QED) is 0.393. The predicted molar refractivity (Wildman–Crippen MR) is 93.1 cm³/mol. The Balaban J connectivity index is 4.26. The minimum atomic E-state index is -2.98. The summed E-state index contributed by atoms with van der Waals surface area (Å²) in [6, 6.07) is 1.29. The van der Waals surface area contributed by atoms with Crippen LogP contribution in [0, 0.1) is 0 Å². The van der Waals surface area contributed by atoms with Gasteiger partial charge in [0.25, 0.3) is 0 Å². The third kappa shape index (κ3) is 8.67. The lowest BCUT2D eigenvalue weighted by atomic mass is 10.3. The van der Waals surface area contributed by atoms with Gasteiger partial charge in [0.1, 0.15) is 0 Å². The summed E-state index contributed by atoms with van der Waals surface area (Å²) in [7, 11) is 2.35. The number of rotatable bonds is 15. The van der Waals surface area contributed by atoms with Crippen LogP contribution in [-0.2, 0) is 22.1 Å². The van der Waals surface area contributed by atoms with E-state index in [1.807, 2.05) is 0 Å². The fraction of sp³-hybridized carbons (Fsp3) is 1.00. The average molecular weight is 371 g/mol. The summed E-state index contributed by atoms with van der Waals surface area (Å²) < 4.78 is 26.4. The van der Waals surface area contributed by atoms with E-state index in [1.54, 1.807) is 21.3 Å². The van der Waals surface area contributed by atoms with E-state index >= 15 is 0 Å². The normalized spacial score (nSPS) is 13.0. The van der Waals surface area contributed by atoms with E-state index in [9.17, 15) is 4.80 Å². The van der Waals surface area contributed by atoms with Crippen molar-refractivity contribution >= 4 is 17.6 Å². The predicted octanol–water partition coefficient (Wildman–Crippen LogP) is 0.129. The summed E-state index contributed by atoms with van der Waals surface area (Å²) in [6.07, 6.45) is 1.70. The van der Waals surface area contributed by atoms with E-state index < -0.39 is 17.6 Å². The molecule has 0 heterocycles. The molecule has 0 spiro atoms. The lowest BCUT2D eigenvalue weighted by Gasteiger charge is -2.27. The van der Waals surface area contributed by atoms with Crippen molar-refractivity contribution in [3.63, 3.8) is 0 Å². The maximum absolute atomic E-state index is 10.1. The molecule has 0 aliphatic rings. The highest BCUT2D eigenvalue weighted by Crippen LogP contribution is 2.16. The third-order valence-corrected chi connectivity index (χ3v) is 9.03. The molecule has 140 valence electrons. The molecule has 10 heteroatoms. The molecule has 8 nitrogen and oxygen atoms in total. The van der Waals surface area contributed by atoms with Gasteiger partial charge >= 0.3 is 17.6 Å². The van der Waals surface area contributed by atoms with Crippen molar-refractivity contribution in [3.05, 3.63) is 0 Å². The van der Waals surface area contributed by atoms with E-state index in [0.29, 0.717) is 12.6 Å². The zero-order valence-corrected chi connectivity index (χ0v) is 17.2. The van der Waals surface area contributed by atoms with Gasteiger partial charge in [0, 0.05) is 60.7 Å². The van der Waals surface area contributed by atoms with E-state index in [2.05, 4.69) is 4.90 Å². The molecule has 0 aromatic heterocycles. The maximum atomic E-state index is 10.1. The Kier molecular flexibility index (Phi) is 12.5. The lowest BCUT2D eigenvalue weighted by Crippen LogP contribution is -2.44. The van der Waals surface area contributed by atoms with E-state index in [-0.39, 0.29) is 0 Å². The highest BCUT2D eigenvalue weighted by atomic mass is 28.4.